The number of likely N-dealkylation sites (tertiary alicyclic amines) is 1. The first kappa shape index (κ1) is 33.7. The Balaban J connectivity index is 1.24. The molecular weight excluding hydrogens is 618 g/mol. The molecule has 0 atom stereocenters. The zero-order valence-corrected chi connectivity index (χ0v) is 28.8. The molecule has 0 radical (unpaired) electrons. The second kappa shape index (κ2) is 15.4. The lowest BCUT2D eigenvalue weighted by Gasteiger charge is -2.34. The van der Waals surface area contributed by atoms with Gasteiger partial charge in [0, 0.05) is 68.9 Å². The number of rotatable bonds is 11. The number of piperazine rings is 1. The van der Waals surface area contributed by atoms with Gasteiger partial charge in [-0.25, -0.2) is 4.98 Å². The number of nitrogens with one attached hydrogen (secondary N) is 2. The maximum absolute atomic E-state index is 13.7. The van der Waals surface area contributed by atoms with Gasteiger partial charge in [-0.3, -0.25) is 9.59 Å². The van der Waals surface area contributed by atoms with Crippen LogP contribution in [0.4, 0.5) is 23.0 Å². The highest BCUT2D eigenvalue weighted by Crippen LogP contribution is 2.35. The number of methoxy groups -OCH3 is 1. The van der Waals surface area contributed by atoms with Crippen LogP contribution in [-0.4, -0.2) is 85.0 Å². The molecule has 0 spiro atoms. The molecule has 6 rings (SSSR count). The molecule has 2 N–H and O–H groups in total. The third kappa shape index (κ3) is 8.29. The smallest absolute Gasteiger partial charge is 0.262 e. The molecule has 0 aliphatic carbocycles. The van der Waals surface area contributed by atoms with Crippen molar-refractivity contribution < 1.29 is 19.1 Å². The van der Waals surface area contributed by atoms with Crippen LogP contribution in [0.1, 0.15) is 46.3 Å². The highest BCUT2D eigenvalue weighted by Gasteiger charge is 2.22. The van der Waals surface area contributed by atoms with Crippen molar-refractivity contribution in [2.24, 2.45) is 0 Å². The summed E-state index contributed by atoms with van der Waals surface area (Å²) in [6, 6.07) is 19.6. The molecule has 1 aromatic heterocycles. The van der Waals surface area contributed by atoms with E-state index in [9.17, 15) is 9.59 Å². The van der Waals surface area contributed by atoms with Gasteiger partial charge in [0.25, 0.3) is 5.91 Å². The number of nitrogens with zero attached hydrogens (tertiary/aromatic N) is 5. The number of hydrogen-bond donors (Lipinski definition) is 2. The van der Waals surface area contributed by atoms with Crippen molar-refractivity contribution in [3.63, 3.8) is 0 Å². The lowest BCUT2D eigenvalue weighted by atomic mass is 10.1. The maximum Gasteiger partial charge on any atom is 0.262 e. The summed E-state index contributed by atoms with van der Waals surface area (Å²) in [5.41, 5.74) is 5.70. The lowest BCUT2D eigenvalue weighted by molar-refractivity contribution is -0.130. The predicted molar refractivity (Wildman–Crippen MR) is 193 cm³/mol. The molecule has 2 fully saturated rings. The Bertz CT molecular complexity index is 1760. The minimum absolute atomic E-state index is 0.0746. The second-order valence-electron chi connectivity index (χ2n) is 12.8. The van der Waals surface area contributed by atoms with Crippen LogP contribution in [0.3, 0.4) is 0 Å². The Labute approximate surface area is 288 Å². The third-order valence-electron chi connectivity index (χ3n) is 9.23. The number of benzene rings is 3. The number of hydrogen-bond acceptors (Lipinski definition) is 9. The highest BCUT2D eigenvalue weighted by molar-refractivity contribution is 6.06. The van der Waals surface area contributed by atoms with Gasteiger partial charge in [0.05, 0.1) is 7.11 Å². The summed E-state index contributed by atoms with van der Waals surface area (Å²) in [7, 11) is 3.71. The van der Waals surface area contributed by atoms with E-state index in [-0.39, 0.29) is 23.3 Å². The zero-order valence-electron chi connectivity index (χ0n) is 28.8. The topological polar surface area (TPSA) is 112 Å². The molecule has 49 heavy (non-hydrogen) atoms. The van der Waals surface area contributed by atoms with Crippen LogP contribution in [0, 0.1) is 13.8 Å². The molecule has 0 unspecified atom stereocenters. The van der Waals surface area contributed by atoms with E-state index in [1.54, 1.807) is 13.2 Å². The number of aromatic nitrogens is 2. The quantitative estimate of drug-likeness (QED) is 0.194. The van der Waals surface area contributed by atoms with E-state index in [0.717, 1.165) is 85.9 Å². The van der Waals surface area contributed by atoms with Crippen molar-refractivity contribution in [1.29, 1.82) is 0 Å². The Morgan fingerprint density at radius 3 is 2.29 bits per heavy atom. The van der Waals surface area contributed by atoms with Crippen LogP contribution in [-0.2, 0) is 11.2 Å². The molecule has 0 bridgehead atoms. The number of ether oxygens (including phenoxy) is 2. The Hall–Kier alpha value is -5.16. The molecule has 3 heterocycles. The highest BCUT2D eigenvalue weighted by atomic mass is 16.5. The summed E-state index contributed by atoms with van der Waals surface area (Å²) in [6.07, 6.45) is 4.63. The van der Waals surface area contributed by atoms with Gasteiger partial charge in [-0.05, 0) is 93.2 Å². The van der Waals surface area contributed by atoms with E-state index in [2.05, 4.69) is 49.6 Å². The van der Waals surface area contributed by atoms with E-state index in [0.29, 0.717) is 24.3 Å². The average molecular weight is 664 g/mol. The number of aryl methyl sites for hydroxylation is 3. The van der Waals surface area contributed by atoms with E-state index < -0.39 is 5.91 Å². The Morgan fingerprint density at radius 1 is 0.878 bits per heavy atom. The van der Waals surface area contributed by atoms with Crippen LogP contribution in [0.25, 0.3) is 0 Å². The monoisotopic (exact) mass is 663 g/mol. The molecule has 0 saturated carbocycles. The number of amides is 2. The molecule has 11 heteroatoms. The van der Waals surface area contributed by atoms with Crippen LogP contribution in [0.5, 0.6) is 17.4 Å². The molecule has 2 saturated heterocycles. The van der Waals surface area contributed by atoms with Gasteiger partial charge in [0.2, 0.25) is 17.7 Å². The van der Waals surface area contributed by atoms with Crippen molar-refractivity contribution in [2.45, 2.75) is 39.5 Å². The summed E-state index contributed by atoms with van der Waals surface area (Å²) in [4.78, 5) is 42.1. The first-order chi connectivity index (χ1) is 23.8. The van der Waals surface area contributed by atoms with Crippen molar-refractivity contribution in [3.8, 4) is 17.4 Å². The molecule has 4 aromatic rings. The minimum atomic E-state index is -0.397. The summed E-state index contributed by atoms with van der Waals surface area (Å²) < 4.78 is 12.0. The zero-order chi connectivity index (χ0) is 34.3. The van der Waals surface area contributed by atoms with Gasteiger partial charge in [0.15, 0.2) is 11.5 Å². The first-order valence-electron chi connectivity index (χ1n) is 16.9. The summed E-state index contributed by atoms with van der Waals surface area (Å²) >= 11 is 0. The minimum Gasteiger partial charge on any atom is -0.493 e. The number of likely N-dealkylation sites (N-methyl/N-ethyl adjacent to an activating group) is 1. The van der Waals surface area contributed by atoms with Crippen LogP contribution in [0.2, 0.25) is 0 Å². The normalized spacial score (nSPS) is 14.9. The number of para-hydroxylation sites is 1. The van der Waals surface area contributed by atoms with Crippen molar-refractivity contribution in [1.82, 2.24) is 19.8 Å². The molecule has 11 nitrogen and oxygen atoms in total. The molecule has 2 amide bonds. The van der Waals surface area contributed by atoms with Crippen molar-refractivity contribution in [3.05, 3.63) is 89.1 Å². The fourth-order valence-corrected chi connectivity index (χ4v) is 6.23. The average Bonchev–Trinajstić information content (AvgIpc) is 3.66. The molecule has 2 aliphatic rings. The maximum atomic E-state index is 13.7. The van der Waals surface area contributed by atoms with Gasteiger partial charge in [-0.1, -0.05) is 24.3 Å². The largest absolute Gasteiger partial charge is 0.493 e. The summed E-state index contributed by atoms with van der Waals surface area (Å²) in [5, 5.41) is 6.29. The lowest BCUT2D eigenvalue weighted by Crippen LogP contribution is -2.44. The van der Waals surface area contributed by atoms with E-state index >= 15 is 0 Å². The van der Waals surface area contributed by atoms with Crippen molar-refractivity contribution in [2.75, 3.05) is 69.0 Å². The summed E-state index contributed by atoms with van der Waals surface area (Å²) in [6.45, 7) is 9.61. The van der Waals surface area contributed by atoms with Crippen molar-refractivity contribution >= 4 is 34.8 Å². The van der Waals surface area contributed by atoms with Crippen LogP contribution in [0.15, 0.2) is 66.9 Å². The molecular formula is C38H45N7O4. The van der Waals surface area contributed by atoms with Gasteiger partial charge in [-0.15, -0.1) is 0 Å². The van der Waals surface area contributed by atoms with Gasteiger partial charge < -0.3 is 34.8 Å². The number of anilines is 4. The van der Waals surface area contributed by atoms with Gasteiger partial charge >= 0.3 is 0 Å². The van der Waals surface area contributed by atoms with Gasteiger partial charge in [0.1, 0.15) is 5.56 Å². The SMILES string of the molecule is COc1cc(CCC(=O)N2CCCC2)ccc1Oc1nc(Nc2ccc(N3CCN(C)CC3)cc2)ncc1C(=O)Nc1c(C)cccc1C. The first-order valence-corrected chi connectivity index (χ1v) is 16.9. The third-order valence-corrected chi connectivity index (χ3v) is 9.23. The Kier molecular flexibility index (Phi) is 10.6. The fourth-order valence-electron chi connectivity index (χ4n) is 6.23. The standard InChI is InChI=1S/C38H45N7O4/c1-26-8-7-9-27(2)35(26)41-36(47)31-25-39-38(40-29-12-14-30(15-13-29)44-22-20-43(3)21-23-44)42-37(31)49-32-16-10-28(24-33(32)48-4)11-17-34(46)45-18-5-6-19-45/h7-10,12-16,24-25H,5-6,11,17-23H2,1-4H3,(H,41,47)(H,39,40,42). The fraction of sp³-hybridized carbons (Fsp3) is 0.368. The summed E-state index contributed by atoms with van der Waals surface area (Å²) in [5.74, 6) is 0.990. The number of carbonyl (C=O) groups excluding carboxylic acids is 2. The molecule has 2 aliphatic heterocycles. The molecule has 256 valence electrons. The van der Waals surface area contributed by atoms with E-state index in [1.807, 2.05) is 61.2 Å². The predicted octanol–water partition coefficient (Wildman–Crippen LogP) is 6.20. The van der Waals surface area contributed by atoms with Crippen LogP contribution >= 0.6 is 0 Å². The van der Waals surface area contributed by atoms with E-state index in [1.165, 1.54) is 6.20 Å². The second-order valence-corrected chi connectivity index (χ2v) is 12.8. The number of carbonyl (C=O) groups is 2. The van der Waals surface area contributed by atoms with Gasteiger partial charge in [-0.2, -0.15) is 4.98 Å². The Morgan fingerprint density at radius 2 is 1.59 bits per heavy atom. The van der Waals surface area contributed by atoms with E-state index in [4.69, 9.17) is 9.47 Å². The molecule has 3 aromatic carbocycles. The van der Waals surface area contributed by atoms with Crippen LogP contribution < -0.4 is 25.0 Å².